The predicted octanol–water partition coefficient (Wildman–Crippen LogP) is 2.26. The van der Waals surface area contributed by atoms with E-state index in [1.54, 1.807) is 29.0 Å². The van der Waals surface area contributed by atoms with E-state index in [2.05, 4.69) is 0 Å². The molecule has 2 aromatic carbocycles. The molecule has 0 spiro atoms. The third-order valence-electron chi connectivity index (χ3n) is 5.42. The van der Waals surface area contributed by atoms with Crippen LogP contribution in [0.2, 0.25) is 0 Å². The summed E-state index contributed by atoms with van der Waals surface area (Å²) in [5, 5.41) is 0. The molecule has 0 radical (unpaired) electrons. The summed E-state index contributed by atoms with van der Waals surface area (Å²) >= 11 is 0. The Balaban J connectivity index is 1.37. The molecule has 2 aliphatic rings. The van der Waals surface area contributed by atoms with Gasteiger partial charge in [-0.15, -0.1) is 0 Å². The first kappa shape index (κ1) is 19.2. The molecule has 0 unspecified atom stereocenters. The molecule has 0 N–H and O–H groups in total. The summed E-state index contributed by atoms with van der Waals surface area (Å²) in [6.45, 7) is 1.57. The molecule has 2 aromatic rings. The molecular weight excluding hydrogens is 375 g/mol. The van der Waals surface area contributed by atoms with Crippen LogP contribution in [0.1, 0.15) is 11.1 Å². The molecule has 0 bridgehead atoms. The van der Waals surface area contributed by atoms with Gasteiger partial charge in [-0.1, -0.05) is 12.1 Å². The zero-order valence-electron chi connectivity index (χ0n) is 16.3. The fourth-order valence-electron chi connectivity index (χ4n) is 3.83. The second-order valence-electron chi connectivity index (χ2n) is 7.39. The molecular formula is C22H23FN2O4. The zero-order chi connectivity index (χ0) is 20.4. The summed E-state index contributed by atoms with van der Waals surface area (Å²) < 4.78 is 24.4. The second kappa shape index (κ2) is 8.11. The zero-order valence-corrected chi connectivity index (χ0v) is 16.3. The van der Waals surface area contributed by atoms with Crippen LogP contribution in [-0.2, 0) is 22.6 Å². The van der Waals surface area contributed by atoms with Crippen LogP contribution in [0, 0.1) is 11.7 Å². The van der Waals surface area contributed by atoms with Crippen LogP contribution in [0.4, 0.5) is 4.39 Å². The molecule has 4 rings (SSSR count). The summed E-state index contributed by atoms with van der Waals surface area (Å²) in [7, 11) is 1.60. The molecule has 152 valence electrons. The third-order valence-corrected chi connectivity index (χ3v) is 5.42. The van der Waals surface area contributed by atoms with Gasteiger partial charge in [-0.25, -0.2) is 4.39 Å². The van der Waals surface area contributed by atoms with E-state index >= 15 is 0 Å². The van der Waals surface area contributed by atoms with E-state index in [1.807, 2.05) is 18.2 Å². The summed E-state index contributed by atoms with van der Waals surface area (Å²) in [5.74, 6) is 0.646. The number of hydrogen-bond donors (Lipinski definition) is 0. The van der Waals surface area contributed by atoms with E-state index in [0.717, 1.165) is 22.6 Å². The Morgan fingerprint density at radius 2 is 2.10 bits per heavy atom. The number of piperazine rings is 1. The molecule has 1 saturated heterocycles. The molecule has 2 amide bonds. The lowest BCUT2D eigenvalue weighted by Crippen LogP contribution is -2.54. The topological polar surface area (TPSA) is 59.1 Å². The van der Waals surface area contributed by atoms with Crippen molar-refractivity contribution in [2.75, 3.05) is 33.4 Å². The minimum absolute atomic E-state index is 0.0373. The number of hydrogen-bond acceptors (Lipinski definition) is 4. The molecule has 0 aliphatic carbocycles. The Bertz CT molecular complexity index is 933. The first-order chi connectivity index (χ1) is 14.0. The largest absolute Gasteiger partial charge is 0.497 e. The average Bonchev–Trinajstić information content (AvgIpc) is 2.74. The lowest BCUT2D eigenvalue weighted by atomic mass is 9.95. The van der Waals surface area contributed by atoms with Gasteiger partial charge in [-0.3, -0.25) is 9.59 Å². The molecule has 7 heteroatoms. The minimum Gasteiger partial charge on any atom is -0.497 e. The minimum atomic E-state index is -0.322. The van der Waals surface area contributed by atoms with Gasteiger partial charge in [-0.2, -0.15) is 0 Å². The fourth-order valence-corrected chi connectivity index (χ4v) is 3.83. The number of ether oxygens (including phenoxy) is 2. The highest BCUT2D eigenvalue weighted by molar-refractivity contribution is 5.87. The van der Waals surface area contributed by atoms with Gasteiger partial charge in [0.25, 0.3) is 0 Å². The summed E-state index contributed by atoms with van der Waals surface area (Å²) in [6.07, 6.45) is 0.559. The Morgan fingerprint density at radius 1 is 1.24 bits per heavy atom. The van der Waals surface area contributed by atoms with Crippen LogP contribution in [-0.4, -0.2) is 55.0 Å². The monoisotopic (exact) mass is 398 g/mol. The van der Waals surface area contributed by atoms with Crippen LogP contribution in [0.3, 0.4) is 0 Å². The first-order valence-electron chi connectivity index (χ1n) is 9.64. The van der Waals surface area contributed by atoms with E-state index < -0.39 is 0 Å². The molecule has 0 saturated carbocycles. The smallest absolute Gasteiger partial charge is 0.242 e. The van der Waals surface area contributed by atoms with Crippen LogP contribution in [0.25, 0.3) is 0 Å². The lowest BCUT2D eigenvalue weighted by molar-refractivity contribution is -0.148. The van der Waals surface area contributed by atoms with Gasteiger partial charge >= 0.3 is 0 Å². The molecule has 2 aliphatic heterocycles. The number of carbonyl (C=O) groups excluding carboxylic acids is 2. The average molecular weight is 398 g/mol. The maximum atomic E-state index is 13.4. The molecule has 2 heterocycles. The SMILES string of the molecule is COc1ccc2c(c1)C[C@@H](C(=O)N1CCN(Cc3cccc(F)c3)C(=O)C1)CO2. The number of amides is 2. The van der Waals surface area contributed by atoms with Gasteiger partial charge in [-0.05, 0) is 47.9 Å². The quantitative estimate of drug-likeness (QED) is 0.793. The molecule has 6 nitrogen and oxygen atoms in total. The predicted molar refractivity (Wildman–Crippen MR) is 104 cm³/mol. The molecule has 1 atom stereocenters. The van der Waals surface area contributed by atoms with Crippen molar-refractivity contribution in [3.63, 3.8) is 0 Å². The van der Waals surface area contributed by atoms with Crippen molar-refractivity contribution in [2.24, 2.45) is 5.92 Å². The van der Waals surface area contributed by atoms with E-state index in [9.17, 15) is 14.0 Å². The van der Waals surface area contributed by atoms with Crippen molar-refractivity contribution in [2.45, 2.75) is 13.0 Å². The van der Waals surface area contributed by atoms with E-state index in [4.69, 9.17) is 9.47 Å². The van der Waals surface area contributed by atoms with E-state index in [0.29, 0.717) is 32.7 Å². The number of nitrogens with zero attached hydrogens (tertiary/aromatic N) is 2. The Morgan fingerprint density at radius 3 is 2.86 bits per heavy atom. The maximum Gasteiger partial charge on any atom is 0.242 e. The van der Waals surface area contributed by atoms with Gasteiger partial charge in [0.2, 0.25) is 11.8 Å². The first-order valence-corrected chi connectivity index (χ1v) is 9.64. The molecule has 1 fully saturated rings. The Hall–Kier alpha value is -3.09. The lowest BCUT2D eigenvalue weighted by Gasteiger charge is -2.37. The van der Waals surface area contributed by atoms with Crippen molar-refractivity contribution in [3.05, 3.63) is 59.4 Å². The van der Waals surface area contributed by atoms with Crippen molar-refractivity contribution in [1.29, 1.82) is 0 Å². The fraction of sp³-hybridized carbons (Fsp3) is 0.364. The maximum absolute atomic E-state index is 13.4. The van der Waals surface area contributed by atoms with Gasteiger partial charge < -0.3 is 19.3 Å². The summed E-state index contributed by atoms with van der Waals surface area (Å²) in [5.41, 5.74) is 1.68. The molecule has 0 aromatic heterocycles. The third kappa shape index (κ3) is 4.18. The second-order valence-corrected chi connectivity index (χ2v) is 7.39. The van der Waals surface area contributed by atoms with Gasteiger partial charge in [0.15, 0.2) is 0 Å². The summed E-state index contributed by atoms with van der Waals surface area (Å²) in [4.78, 5) is 28.8. The van der Waals surface area contributed by atoms with Gasteiger partial charge in [0, 0.05) is 19.6 Å². The van der Waals surface area contributed by atoms with Crippen molar-refractivity contribution in [3.8, 4) is 11.5 Å². The summed E-state index contributed by atoms with van der Waals surface area (Å²) in [6, 6.07) is 11.8. The van der Waals surface area contributed by atoms with E-state index in [-0.39, 0.29) is 30.1 Å². The number of rotatable bonds is 4. The van der Waals surface area contributed by atoms with Crippen molar-refractivity contribution in [1.82, 2.24) is 9.80 Å². The standard InChI is InChI=1S/C22H23FN2O4/c1-28-19-5-6-20-16(11-19)10-17(14-29-20)22(27)25-8-7-24(21(26)13-25)12-15-3-2-4-18(23)9-15/h2-6,9,11,17H,7-8,10,12-14H2,1H3/t17-/m1/s1. The normalized spacial score (nSPS) is 18.8. The van der Waals surface area contributed by atoms with Crippen molar-refractivity contribution < 1.29 is 23.5 Å². The number of benzene rings is 2. The highest BCUT2D eigenvalue weighted by Gasteiger charge is 2.34. The van der Waals surface area contributed by atoms with Crippen molar-refractivity contribution >= 4 is 11.8 Å². The van der Waals surface area contributed by atoms with E-state index in [1.165, 1.54) is 12.1 Å². The van der Waals surface area contributed by atoms with Crippen LogP contribution >= 0.6 is 0 Å². The van der Waals surface area contributed by atoms with Crippen LogP contribution < -0.4 is 9.47 Å². The Kier molecular flexibility index (Phi) is 5.38. The highest BCUT2D eigenvalue weighted by Crippen LogP contribution is 2.31. The molecule has 29 heavy (non-hydrogen) atoms. The number of methoxy groups -OCH3 is 1. The highest BCUT2D eigenvalue weighted by atomic mass is 19.1. The number of fused-ring (bicyclic) bond motifs is 1. The van der Waals surface area contributed by atoms with Gasteiger partial charge in [0.1, 0.15) is 23.9 Å². The van der Waals surface area contributed by atoms with Crippen LogP contribution in [0.15, 0.2) is 42.5 Å². The number of carbonyl (C=O) groups is 2. The Labute approximate surface area is 168 Å². The number of halogens is 1. The van der Waals surface area contributed by atoms with Crippen LogP contribution in [0.5, 0.6) is 11.5 Å². The van der Waals surface area contributed by atoms with Gasteiger partial charge in [0.05, 0.1) is 19.6 Å².